The molecule has 4 nitrogen and oxygen atoms in total. The Morgan fingerprint density at radius 1 is 1.20 bits per heavy atom. The highest BCUT2D eigenvalue weighted by Crippen LogP contribution is 2.23. The van der Waals surface area contributed by atoms with Crippen molar-refractivity contribution >= 4 is 0 Å². The predicted octanol–water partition coefficient (Wildman–Crippen LogP) is 2.23. The van der Waals surface area contributed by atoms with Crippen LogP contribution in [0.1, 0.15) is 31.2 Å². The van der Waals surface area contributed by atoms with Gasteiger partial charge in [-0.25, -0.2) is 0 Å². The highest BCUT2D eigenvalue weighted by atomic mass is 16.5. The monoisotopic (exact) mass is 274 g/mol. The van der Waals surface area contributed by atoms with Gasteiger partial charge in [-0.2, -0.15) is 5.26 Å². The van der Waals surface area contributed by atoms with Crippen molar-refractivity contribution in [2.45, 2.75) is 38.3 Å². The molecule has 0 radical (unpaired) electrons. The number of nitrogens with one attached hydrogen (secondary N) is 1. The average molecular weight is 274 g/mol. The number of benzene rings is 1. The minimum atomic E-state index is -0.0767. The minimum Gasteiger partial charge on any atom is -0.479 e. The molecule has 1 aliphatic carbocycles. The second kappa shape index (κ2) is 7.88. The van der Waals surface area contributed by atoms with Crippen LogP contribution in [0.25, 0.3) is 0 Å². The quantitative estimate of drug-likeness (QED) is 0.835. The first-order valence-electron chi connectivity index (χ1n) is 7.25. The smallest absolute Gasteiger partial charge is 0.174 e. The molecule has 0 heterocycles. The number of aliphatic hydroxyl groups is 1. The Morgan fingerprint density at radius 3 is 2.55 bits per heavy atom. The van der Waals surface area contributed by atoms with Crippen molar-refractivity contribution in [3.8, 4) is 11.8 Å². The summed E-state index contributed by atoms with van der Waals surface area (Å²) < 4.78 is 5.21. The van der Waals surface area contributed by atoms with Crippen LogP contribution in [0, 0.1) is 17.2 Å². The predicted molar refractivity (Wildman–Crippen MR) is 77.2 cm³/mol. The van der Waals surface area contributed by atoms with Gasteiger partial charge in [0.15, 0.2) is 6.61 Å². The second-order valence-corrected chi connectivity index (χ2v) is 5.40. The third-order valence-corrected chi connectivity index (χ3v) is 3.81. The van der Waals surface area contributed by atoms with Crippen molar-refractivity contribution < 1.29 is 9.84 Å². The first-order valence-corrected chi connectivity index (χ1v) is 7.25. The van der Waals surface area contributed by atoms with E-state index in [2.05, 4.69) is 5.32 Å². The number of aliphatic hydroxyl groups excluding tert-OH is 1. The molecule has 0 unspecified atom stereocenters. The molecule has 0 saturated heterocycles. The fourth-order valence-corrected chi connectivity index (χ4v) is 2.59. The van der Waals surface area contributed by atoms with E-state index in [0.29, 0.717) is 5.92 Å². The van der Waals surface area contributed by atoms with Crippen molar-refractivity contribution in [2.75, 3.05) is 13.2 Å². The van der Waals surface area contributed by atoms with E-state index in [0.717, 1.165) is 44.5 Å². The molecule has 0 aliphatic heterocycles. The number of rotatable bonds is 6. The highest BCUT2D eigenvalue weighted by molar-refractivity contribution is 5.27. The van der Waals surface area contributed by atoms with Crippen LogP contribution in [0.2, 0.25) is 0 Å². The molecule has 0 spiro atoms. The summed E-state index contributed by atoms with van der Waals surface area (Å²) >= 11 is 0. The van der Waals surface area contributed by atoms with Gasteiger partial charge in [-0.1, -0.05) is 12.1 Å². The molecule has 2 N–H and O–H groups in total. The number of nitrogens with zero attached hydrogens (tertiary/aromatic N) is 1. The molecule has 0 amide bonds. The minimum absolute atomic E-state index is 0.0767. The first kappa shape index (κ1) is 14.8. The van der Waals surface area contributed by atoms with Gasteiger partial charge in [0.2, 0.25) is 0 Å². The Balaban J connectivity index is 1.67. The summed E-state index contributed by atoms with van der Waals surface area (Å²) in [6.45, 7) is 1.95. The first-order chi connectivity index (χ1) is 9.78. The molecular formula is C16H22N2O2. The zero-order valence-electron chi connectivity index (χ0n) is 11.7. The van der Waals surface area contributed by atoms with Crippen LogP contribution in [0.5, 0.6) is 5.75 Å². The van der Waals surface area contributed by atoms with E-state index in [1.807, 2.05) is 30.3 Å². The summed E-state index contributed by atoms with van der Waals surface area (Å²) in [4.78, 5) is 0. The molecule has 0 atom stereocenters. The summed E-state index contributed by atoms with van der Waals surface area (Å²) in [6.07, 6.45) is 4.05. The van der Waals surface area contributed by atoms with Crippen molar-refractivity contribution in [3.05, 3.63) is 29.8 Å². The van der Waals surface area contributed by atoms with Gasteiger partial charge in [-0.3, -0.25) is 0 Å². The van der Waals surface area contributed by atoms with Crippen molar-refractivity contribution in [3.63, 3.8) is 0 Å². The third kappa shape index (κ3) is 4.84. The van der Waals surface area contributed by atoms with Gasteiger partial charge in [-0.15, -0.1) is 0 Å². The van der Waals surface area contributed by atoms with Gasteiger partial charge in [0.25, 0.3) is 0 Å². The second-order valence-electron chi connectivity index (χ2n) is 5.40. The van der Waals surface area contributed by atoms with Gasteiger partial charge < -0.3 is 15.2 Å². The normalized spacial score (nSPS) is 22.2. The maximum absolute atomic E-state index is 9.47. The third-order valence-electron chi connectivity index (χ3n) is 3.81. The van der Waals surface area contributed by atoms with Crippen molar-refractivity contribution in [1.82, 2.24) is 5.32 Å². The molecule has 1 aromatic rings. The lowest BCUT2D eigenvalue weighted by molar-refractivity contribution is 0.108. The molecular weight excluding hydrogens is 252 g/mol. The zero-order valence-corrected chi connectivity index (χ0v) is 11.7. The molecule has 1 saturated carbocycles. The van der Waals surface area contributed by atoms with E-state index in [4.69, 9.17) is 10.00 Å². The fraction of sp³-hybridized carbons (Fsp3) is 0.562. The molecule has 4 heteroatoms. The van der Waals surface area contributed by atoms with Gasteiger partial charge in [0.05, 0.1) is 6.10 Å². The number of ether oxygens (including phenoxy) is 1. The Labute approximate surface area is 120 Å². The highest BCUT2D eigenvalue weighted by Gasteiger charge is 2.18. The van der Waals surface area contributed by atoms with E-state index < -0.39 is 0 Å². The van der Waals surface area contributed by atoms with E-state index in [9.17, 15) is 5.11 Å². The lowest BCUT2D eigenvalue weighted by Gasteiger charge is -2.25. The Bertz CT molecular complexity index is 431. The van der Waals surface area contributed by atoms with E-state index >= 15 is 0 Å². The Hall–Kier alpha value is -1.57. The average Bonchev–Trinajstić information content (AvgIpc) is 2.48. The molecule has 108 valence electrons. The molecule has 0 aromatic heterocycles. The lowest BCUT2D eigenvalue weighted by atomic mass is 9.87. The summed E-state index contributed by atoms with van der Waals surface area (Å²) in [5.41, 5.74) is 1.21. The van der Waals surface area contributed by atoms with Crippen LogP contribution < -0.4 is 10.1 Å². The lowest BCUT2D eigenvalue weighted by Crippen LogP contribution is -2.27. The standard InChI is InChI=1S/C16H22N2O2/c17-9-10-20-16-7-3-14(4-8-16)12-18-11-13-1-5-15(19)6-2-13/h3-4,7-8,13,15,18-19H,1-2,5-6,10-12H2. The molecule has 2 rings (SSSR count). The molecule has 1 fully saturated rings. The van der Waals surface area contributed by atoms with Gasteiger partial charge >= 0.3 is 0 Å². The van der Waals surface area contributed by atoms with Gasteiger partial charge in [0.1, 0.15) is 11.8 Å². The topological polar surface area (TPSA) is 65.3 Å². The van der Waals surface area contributed by atoms with Gasteiger partial charge in [-0.05, 0) is 55.8 Å². The SMILES string of the molecule is N#CCOc1ccc(CNCC2CCC(O)CC2)cc1. The summed E-state index contributed by atoms with van der Waals surface area (Å²) in [6, 6.07) is 9.78. The van der Waals surface area contributed by atoms with E-state index in [-0.39, 0.29) is 12.7 Å². The van der Waals surface area contributed by atoms with Crippen molar-refractivity contribution in [2.24, 2.45) is 5.92 Å². The van der Waals surface area contributed by atoms with E-state index in [1.165, 1.54) is 5.56 Å². The fourth-order valence-electron chi connectivity index (χ4n) is 2.59. The van der Waals surface area contributed by atoms with Crippen LogP contribution in [0.4, 0.5) is 0 Å². The number of nitriles is 1. The molecule has 0 bridgehead atoms. The maximum atomic E-state index is 9.47. The summed E-state index contributed by atoms with van der Waals surface area (Å²) in [5.74, 6) is 1.42. The van der Waals surface area contributed by atoms with Crippen LogP contribution >= 0.6 is 0 Å². The molecule has 20 heavy (non-hydrogen) atoms. The van der Waals surface area contributed by atoms with Crippen LogP contribution in [0.15, 0.2) is 24.3 Å². The number of hydrogen-bond donors (Lipinski definition) is 2. The van der Waals surface area contributed by atoms with Crippen LogP contribution in [-0.4, -0.2) is 24.4 Å². The Morgan fingerprint density at radius 2 is 1.90 bits per heavy atom. The molecule has 1 aromatic carbocycles. The largest absolute Gasteiger partial charge is 0.479 e. The van der Waals surface area contributed by atoms with Crippen molar-refractivity contribution in [1.29, 1.82) is 5.26 Å². The summed E-state index contributed by atoms with van der Waals surface area (Å²) in [5, 5.41) is 21.4. The Kier molecular flexibility index (Phi) is 5.85. The zero-order chi connectivity index (χ0) is 14.2. The summed E-state index contributed by atoms with van der Waals surface area (Å²) in [7, 11) is 0. The van der Waals surface area contributed by atoms with Crippen LogP contribution in [0.3, 0.4) is 0 Å². The van der Waals surface area contributed by atoms with E-state index in [1.54, 1.807) is 0 Å². The number of hydrogen-bond acceptors (Lipinski definition) is 4. The van der Waals surface area contributed by atoms with Crippen LogP contribution in [-0.2, 0) is 6.54 Å². The van der Waals surface area contributed by atoms with Gasteiger partial charge in [0, 0.05) is 6.54 Å². The maximum Gasteiger partial charge on any atom is 0.174 e. The molecule has 1 aliphatic rings.